The SMILES string of the molecule is CCCN(C)C(=O)Nc1cc(C(F)(F)F)ccn1. The van der Waals surface area contributed by atoms with Gasteiger partial charge < -0.3 is 4.90 Å². The summed E-state index contributed by atoms with van der Waals surface area (Å²) < 4.78 is 37.3. The first-order valence-electron chi connectivity index (χ1n) is 5.40. The van der Waals surface area contributed by atoms with Crippen molar-refractivity contribution < 1.29 is 18.0 Å². The quantitative estimate of drug-likeness (QED) is 0.909. The van der Waals surface area contributed by atoms with Crippen LogP contribution in [-0.4, -0.2) is 29.5 Å². The van der Waals surface area contributed by atoms with E-state index in [0.717, 1.165) is 24.8 Å². The molecule has 0 aliphatic rings. The second kappa shape index (κ2) is 5.70. The molecule has 0 aliphatic carbocycles. The lowest BCUT2D eigenvalue weighted by Crippen LogP contribution is -2.32. The zero-order valence-electron chi connectivity index (χ0n) is 10.1. The van der Waals surface area contributed by atoms with Gasteiger partial charge in [0.2, 0.25) is 0 Å². The maximum absolute atomic E-state index is 12.4. The molecule has 2 amide bonds. The van der Waals surface area contributed by atoms with Gasteiger partial charge in [0, 0.05) is 19.8 Å². The summed E-state index contributed by atoms with van der Waals surface area (Å²) in [5.41, 5.74) is -0.842. The van der Waals surface area contributed by atoms with E-state index >= 15 is 0 Å². The molecule has 1 rings (SSSR count). The molecule has 1 N–H and O–H groups in total. The summed E-state index contributed by atoms with van der Waals surface area (Å²) in [6, 6.07) is 1.17. The summed E-state index contributed by atoms with van der Waals surface area (Å²) in [7, 11) is 1.56. The van der Waals surface area contributed by atoms with Crippen LogP contribution in [0.25, 0.3) is 0 Å². The van der Waals surface area contributed by atoms with E-state index in [1.54, 1.807) is 7.05 Å². The number of nitrogens with zero attached hydrogens (tertiary/aromatic N) is 2. The Kier molecular flexibility index (Phi) is 4.52. The summed E-state index contributed by atoms with van der Waals surface area (Å²) in [4.78, 5) is 16.6. The van der Waals surface area contributed by atoms with E-state index in [1.807, 2.05) is 6.92 Å². The number of halogens is 3. The van der Waals surface area contributed by atoms with Crippen molar-refractivity contribution in [2.24, 2.45) is 0 Å². The molecule has 1 heterocycles. The highest BCUT2D eigenvalue weighted by Gasteiger charge is 2.30. The third-order valence-electron chi connectivity index (χ3n) is 2.23. The van der Waals surface area contributed by atoms with E-state index in [9.17, 15) is 18.0 Å². The molecule has 1 aromatic rings. The van der Waals surface area contributed by atoms with Crippen molar-refractivity contribution in [3.8, 4) is 0 Å². The second-order valence-corrected chi connectivity index (χ2v) is 3.78. The number of urea groups is 1. The van der Waals surface area contributed by atoms with Crippen LogP contribution in [-0.2, 0) is 6.18 Å². The fourth-order valence-electron chi connectivity index (χ4n) is 1.32. The van der Waals surface area contributed by atoms with Gasteiger partial charge in [-0.15, -0.1) is 0 Å². The van der Waals surface area contributed by atoms with Gasteiger partial charge in [0.1, 0.15) is 5.82 Å². The molecule has 1 aromatic heterocycles. The van der Waals surface area contributed by atoms with Crippen molar-refractivity contribution in [3.05, 3.63) is 23.9 Å². The molecule has 0 atom stereocenters. The van der Waals surface area contributed by atoms with Crippen LogP contribution >= 0.6 is 0 Å². The zero-order chi connectivity index (χ0) is 13.8. The maximum Gasteiger partial charge on any atom is 0.416 e. The van der Waals surface area contributed by atoms with Gasteiger partial charge in [-0.05, 0) is 18.6 Å². The molecule has 4 nitrogen and oxygen atoms in total. The highest BCUT2D eigenvalue weighted by molar-refractivity contribution is 5.88. The Labute approximate surface area is 103 Å². The van der Waals surface area contributed by atoms with E-state index in [4.69, 9.17) is 0 Å². The van der Waals surface area contributed by atoms with Crippen molar-refractivity contribution >= 4 is 11.8 Å². The van der Waals surface area contributed by atoms with Crippen molar-refractivity contribution in [2.75, 3.05) is 18.9 Å². The van der Waals surface area contributed by atoms with Gasteiger partial charge in [-0.2, -0.15) is 13.2 Å². The predicted molar refractivity (Wildman–Crippen MR) is 61.2 cm³/mol. The minimum atomic E-state index is -4.45. The van der Waals surface area contributed by atoms with Crippen LogP contribution in [0.15, 0.2) is 18.3 Å². The first kappa shape index (κ1) is 14.3. The average Bonchev–Trinajstić information content (AvgIpc) is 2.28. The Balaban J connectivity index is 2.77. The van der Waals surface area contributed by atoms with E-state index in [0.29, 0.717) is 6.54 Å². The number of alkyl halides is 3. The van der Waals surface area contributed by atoms with Gasteiger partial charge in [0.05, 0.1) is 5.56 Å². The Morgan fingerprint density at radius 1 is 1.50 bits per heavy atom. The number of hydrogen-bond acceptors (Lipinski definition) is 2. The van der Waals surface area contributed by atoms with Gasteiger partial charge in [-0.25, -0.2) is 9.78 Å². The fraction of sp³-hybridized carbons (Fsp3) is 0.455. The molecule has 0 spiro atoms. The topological polar surface area (TPSA) is 45.2 Å². The number of hydrogen-bond donors (Lipinski definition) is 1. The second-order valence-electron chi connectivity index (χ2n) is 3.78. The molecular formula is C11H14F3N3O. The Morgan fingerprint density at radius 2 is 2.17 bits per heavy atom. The third-order valence-corrected chi connectivity index (χ3v) is 2.23. The lowest BCUT2D eigenvalue weighted by atomic mass is 10.2. The largest absolute Gasteiger partial charge is 0.416 e. The molecule has 0 unspecified atom stereocenters. The number of pyridine rings is 1. The lowest BCUT2D eigenvalue weighted by Gasteiger charge is -2.16. The molecule has 0 saturated carbocycles. The number of rotatable bonds is 3. The molecule has 0 fully saturated rings. The Bertz CT molecular complexity index is 420. The normalized spacial score (nSPS) is 11.2. The fourth-order valence-corrected chi connectivity index (χ4v) is 1.32. The molecule has 100 valence electrons. The van der Waals surface area contributed by atoms with Crippen molar-refractivity contribution in [2.45, 2.75) is 19.5 Å². The van der Waals surface area contributed by atoms with Crippen LogP contribution in [0.3, 0.4) is 0 Å². The summed E-state index contributed by atoms with van der Waals surface area (Å²) >= 11 is 0. The zero-order valence-corrected chi connectivity index (χ0v) is 10.1. The summed E-state index contributed by atoms with van der Waals surface area (Å²) in [6.07, 6.45) is -2.67. The monoisotopic (exact) mass is 261 g/mol. The number of carbonyl (C=O) groups excluding carboxylic acids is 1. The third kappa shape index (κ3) is 3.90. The van der Waals surface area contributed by atoms with E-state index in [1.165, 1.54) is 4.90 Å². The van der Waals surface area contributed by atoms with Gasteiger partial charge in [0.15, 0.2) is 0 Å². The molecular weight excluding hydrogens is 247 g/mol. The van der Waals surface area contributed by atoms with E-state index < -0.39 is 17.8 Å². The summed E-state index contributed by atoms with van der Waals surface area (Å²) in [6.45, 7) is 2.41. The molecule has 0 bridgehead atoms. The van der Waals surface area contributed by atoms with Crippen molar-refractivity contribution in [3.63, 3.8) is 0 Å². The maximum atomic E-state index is 12.4. The first-order chi connectivity index (χ1) is 8.34. The number of anilines is 1. The smallest absolute Gasteiger partial charge is 0.328 e. The number of amides is 2. The van der Waals surface area contributed by atoms with Gasteiger partial charge in [0.25, 0.3) is 0 Å². The van der Waals surface area contributed by atoms with Gasteiger partial charge >= 0.3 is 12.2 Å². The predicted octanol–water partition coefficient (Wildman–Crippen LogP) is 2.97. The molecule has 0 aliphatic heterocycles. The minimum absolute atomic E-state index is 0.113. The highest BCUT2D eigenvalue weighted by Crippen LogP contribution is 2.29. The van der Waals surface area contributed by atoms with E-state index in [-0.39, 0.29) is 5.82 Å². The summed E-state index contributed by atoms with van der Waals surface area (Å²) in [5.74, 6) is -0.113. The average molecular weight is 261 g/mol. The highest BCUT2D eigenvalue weighted by atomic mass is 19.4. The summed E-state index contributed by atoms with van der Waals surface area (Å²) in [5, 5.41) is 2.31. The standard InChI is InChI=1S/C11H14F3N3O/c1-3-6-17(2)10(18)16-9-7-8(4-5-15-9)11(12,13)14/h4-5,7H,3,6H2,1-2H3,(H,15,16,18). The van der Waals surface area contributed by atoms with Gasteiger partial charge in [-0.1, -0.05) is 6.92 Å². The van der Waals surface area contributed by atoms with Gasteiger partial charge in [-0.3, -0.25) is 5.32 Å². The van der Waals surface area contributed by atoms with Crippen LogP contribution in [0.2, 0.25) is 0 Å². The number of carbonyl (C=O) groups is 1. The van der Waals surface area contributed by atoms with Crippen LogP contribution in [0, 0.1) is 0 Å². The minimum Gasteiger partial charge on any atom is -0.328 e. The number of nitrogens with one attached hydrogen (secondary N) is 1. The molecule has 0 radical (unpaired) electrons. The van der Waals surface area contributed by atoms with Crippen molar-refractivity contribution in [1.29, 1.82) is 0 Å². The molecule has 0 saturated heterocycles. The Hall–Kier alpha value is -1.79. The van der Waals surface area contributed by atoms with Crippen LogP contribution in [0.4, 0.5) is 23.8 Å². The molecule has 18 heavy (non-hydrogen) atoms. The molecule has 0 aromatic carbocycles. The van der Waals surface area contributed by atoms with E-state index in [2.05, 4.69) is 10.3 Å². The number of aromatic nitrogens is 1. The first-order valence-corrected chi connectivity index (χ1v) is 5.40. The lowest BCUT2D eigenvalue weighted by molar-refractivity contribution is -0.137. The van der Waals surface area contributed by atoms with Crippen LogP contribution in [0.5, 0.6) is 0 Å². The van der Waals surface area contributed by atoms with Crippen molar-refractivity contribution in [1.82, 2.24) is 9.88 Å². The molecule has 7 heteroatoms. The van der Waals surface area contributed by atoms with Crippen LogP contribution in [0.1, 0.15) is 18.9 Å². The Morgan fingerprint density at radius 3 is 2.72 bits per heavy atom. The van der Waals surface area contributed by atoms with Crippen LogP contribution < -0.4 is 5.32 Å².